The van der Waals surface area contributed by atoms with Crippen LogP contribution in [0.15, 0.2) is 42.7 Å². The first-order valence-electron chi connectivity index (χ1n) is 12.1. The zero-order chi connectivity index (χ0) is 24.4. The van der Waals surface area contributed by atoms with Gasteiger partial charge in [-0.2, -0.15) is 20.3 Å². The van der Waals surface area contributed by atoms with Crippen LogP contribution >= 0.6 is 0 Å². The Bertz CT molecular complexity index is 1250. The number of fused-ring (bicyclic) bond motifs is 1. The van der Waals surface area contributed by atoms with Gasteiger partial charge in [0.05, 0.1) is 36.3 Å². The molecular formula is C26H29N7O2. The van der Waals surface area contributed by atoms with Crippen LogP contribution < -0.4 is 4.90 Å². The molecule has 5 rings (SSSR count). The van der Waals surface area contributed by atoms with Gasteiger partial charge in [0.25, 0.3) is 5.91 Å². The molecule has 0 aliphatic carbocycles. The number of hydrogen-bond donors (Lipinski definition) is 0. The highest BCUT2D eigenvalue weighted by atomic mass is 16.5. The lowest BCUT2D eigenvalue weighted by molar-refractivity contribution is 0.0678. The van der Waals surface area contributed by atoms with Gasteiger partial charge in [0, 0.05) is 37.5 Å². The molecule has 4 heterocycles. The molecule has 0 N–H and O–H groups in total. The van der Waals surface area contributed by atoms with Crippen molar-refractivity contribution in [2.75, 3.05) is 31.1 Å². The van der Waals surface area contributed by atoms with Crippen molar-refractivity contribution in [2.45, 2.75) is 39.3 Å². The molecule has 0 spiro atoms. The Labute approximate surface area is 204 Å². The first-order chi connectivity index (χ1) is 17.1. The van der Waals surface area contributed by atoms with Crippen LogP contribution in [0.4, 0.5) is 5.82 Å². The van der Waals surface area contributed by atoms with Gasteiger partial charge in [0.1, 0.15) is 17.5 Å². The predicted octanol–water partition coefficient (Wildman–Crippen LogP) is 3.12. The molecular weight excluding hydrogens is 442 g/mol. The van der Waals surface area contributed by atoms with Gasteiger partial charge in [-0.1, -0.05) is 12.1 Å². The Morgan fingerprint density at radius 2 is 1.97 bits per heavy atom. The molecule has 0 saturated carbocycles. The topological polar surface area (TPSA) is 100 Å². The SMILES string of the molecule is CCOCc1cc(C)nc(N2CC[C@@H]3CCN(C(=O)c4ccccc4-n4nccn4)C[C@@H]32)c1C#N. The third-order valence-electron chi connectivity index (χ3n) is 6.97. The summed E-state index contributed by atoms with van der Waals surface area (Å²) in [5.74, 6) is 1.15. The van der Waals surface area contributed by atoms with E-state index < -0.39 is 0 Å². The van der Waals surface area contributed by atoms with Gasteiger partial charge in [-0.05, 0) is 50.8 Å². The van der Waals surface area contributed by atoms with Gasteiger partial charge in [0.2, 0.25) is 0 Å². The summed E-state index contributed by atoms with van der Waals surface area (Å²) in [7, 11) is 0. The van der Waals surface area contributed by atoms with Gasteiger partial charge in [-0.25, -0.2) is 4.98 Å². The van der Waals surface area contributed by atoms with Crippen LogP contribution in [0.5, 0.6) is 0 Å². The van der Waals surface area contributed by atoms with Gasteiger partial charge in [0.15, 0.2) is 0 Å². The van der Waals surface area contributed by atoms with Crippen molar-refractivity contribution < 1.29 is 9.53 Å². The molecule has 9 nitrogen and oxygen atoms in total. The number of hydrogen-bond acceptors (Lipinski definition) is 7. The lowest BCUT2D eigenvalue weighted by atomic mass is 9.91. The average molecular weight is 472 g/mol. The van der Waals surface area contributed by atoms with Gasteiger partial charge in [-0.3, -0.25) is 4.79 Å². The maximum absolute atomic E-state index is 13.7. The highest BCUT2D eigenvalue weighted by molar-refractivity contribution is 5.97. The van der Waals surface area contributed by atoms with Crippen LogP contribution in [0.3, 0.4) is 0 Å². The average Bonchev–Trinajstić information content (AvgIpc) is 3.56. The number of aryl methyl sites for hydroxylation is 1. The zero-order valence-electron chi connectivity index (χ0n) is 20.1. The number of anilines is 1. The number of pyridine rings is 1. The number of para-hydroxylation sites is 1. The number of nitrogens with zero attached hydrogens (tertiary/aromatic N) is 7. The minimum absolute atomic E-state index is 0.0297. The zero-order valence-corrected chi connectivity index (χ0v) is 20.1. The van der Waals surface area contributed by atoms with Crippen LogP contribution in [-0.4, -0.2) is 63.1 Å². The van der Waals surface area contributed by atoms with Crippen LogP contribution in [0, 0.1) is 24.2 Å². The lowest BCUT2D eigenvalue weighted by Gasteiger charge is -2.39. The van der Waals surface area contributed by atoms with Crippen LogP contribution in [-0.2, 0) is 11.3 Å². The molecule has 3 aromatic rings. The number of piperidine rings is 1. The number of carbonyl (C=O) groups excluding carboxylic acids is 1. The second kappa shape index (κ2) is 9.84. The molecule has 2 atom stereocenters. The number of benzene rings is 1. The van der Waals surface area contributed by atoms with E-state index in [2.05, 4.69) is 21.2 Å². The third kappa shape index (κ3) is 4.37. The van der Waals surface area contributed by atoms with E-state index in [1.54, 1.807) is 12.4 Å². The number of rotatable bonds is 6. The van der Waals surface area contributed by atoms with Crippen LogP contribution in [0.2, 0.25) is 0 Å². The molecule has 9 heteroatoms. The normalized spacial score (nSPS) is 19.5. The van der Waals surface area contributed by atoms with E-state index in [1.165, 1.54) is 4.80 Å². The maximum atomic E-state index is 13.7. The monoisotopic (exact) mass is 471 g/mol. The number of likely N-dealkylation sites (tertiary alicyclic amines) is 1. The Morgan fingerprint density at radius 3 is 2.74 bits per heavy atom. The summed E-state index contributed by atoms with van der Waals surface area (Å²) in [5, 5.41) is 18.4. The van der Waals surface area contributed by atoms with Crippen LogP contribution in [0.1, 0.15) is 46.9 Å². The van der Waals surface area contributed by atoms with Crippen molar-refractivity contribution in [3.8, 4) is 11.8 Å². The quantitative estimate of drug-likeness (QED) is 0.544. The largest absolute Gasteiger partial charge is 0.377 e. The van der Waals surface area contributed by atoms with E-state index in [-0.39, 0.29) is 11.9 Å². The Kier molecular flexibility index (Phi) is 6.47. The van der Waals surface area contributed by atoms with Gasteiger partial charge >= 0.3 is 0 Å². The molecule has 0 bridgehead atoms. The van der Waals surface area contributed by atoms with E-state index in [0.29, 0.717) is 54.9 Å². The summed E-state index contributed by atoms with van der Waals surface area (Å²) in [6, 6.07) is 11.9. The summed E-state index contributed by atoms with van der Waals surface area (Å²) in [6.45, 7) is 6.99. The number of nitriles is 1. The Balaban J connectivity index is 1.43. The predicted molar refractivity (Wildman–Crippen MR) is 130 cm³/mol. The second-order valence-corrected chi connectivity index (χ2v) is 9.06. The fraction of sp³-hybridized carbons (Fsp3) is 0.423. The maximum Gasteiger partial charge on any atom is 0.256 e. The van der Waals surface area contributed by atoms with Crippen molar-refractivity contribution in [2.24, 2.45) is 5.92 Å². The number of aromatic nitrogens is 4. The van der Waals surface area contributed by atoms with E-state index >= 15 is 0 Å². The molecule has 2 aromatic heterocycles. The van der Waals surface area contributed by atoms with E-state index in [0.717, 1.165) is 30.6 Å². The second-order valence-electron chi connectivity index (χ2n) is 9.06. The molecule has 2 aliphatic heterocycles. The Morgan fingerprint density at radius 1 is 1.20 bits per heavy atom. The summed E-state index contributed by atoms with van der Waals surface area (Å²) in [6.07, 6.45) is 5.16. The minimum atomic E-state index is -0.0297. The van der Waals surface area contributed by atoms with Crippen molar-refractivity contribution in [1.82, 2.24) is 24.9 Å². The smallest absolute Gasteiger partial charge is 0.256 e. The first-order valence-corrected chi connectivity index (χ1v) is 12.1. The first kappa shape index (κ1) is 23.0. The van der Waals surface area contributed by atoms with Crippen molar-refractivity contribution >= 4 is 11.7 Å². The summed E-state index contributed by atoms with van der Waals surface area (Å²) in [4.78, 5) is 24.1. The summed E-state index contributed by atoms with van der Waals surface area (Å²) < 4.78 is 5.62. The minimum Gasteiger partial charge on any atom is -0.377 e. The van der Waals surface area contributed by atoms with Crippen LogP contribution in [0.25, 0.3) is 5.69 Å². The molecule has 2 aliphatic rings. The standard InChI is InChI=1S/C26H29N7O2/c1-3-35-17-20-14-18(2)30-25(22(20)15-27)32-13-9-19-8-12-31(16-24(19)32)26(34)21-6-4-5-7-23(21)33-28-10-11-29-33/h4-7,10-11,14,19,24H,3,8-9,12-13,16-17H2,1-2H3/t19-,24-/m0/s1. The summed E-state index contributed by atoms with van der Waals surface area (Å²) in [5.41, 5.74) is 3.55. The van der Waals surface area contributed by atoms with Crippen molar-refractivity contribution in [3.05, 3.63) is 65.1 Å². The molecule has 2 saturated heterocycles. The molecule has 0 unspecified atom stereocenters. The fourth-order valence-corrected chi connectivity index (χ4v) is 5.31. The fourth-order valence-electron chi connectivity index (χ4n) is 5.31. The molecule has 180 valence electrons. The highest BCUT2D eigenvalue weighted by Gasteiger charge is 2.41. The highest BCUT2D eigenvalue weighted by Crippen LogP contribution is 2.37. The van der Waals surface area contributed by atoms with Crippen molar-refractivity contribution in [1.29, 1.82) is 5.26 Å². The van der Waals surface area contributed by atoms with Crippen molar-refractivity contribution in [3.63, 3.8) is 0 Å². The molecule has 0 radical (unpaired) electrons. The van der Waals surface area contributed by atoms with Gasteiger partial charge < -0.3 is 14.5 Å². The number of amides is 1. The van der Waals surface area contributed by atoms with E-state index in [4.69, 9.17) is 9.72 Å². The number of ether oxygens (including phenoxy) is 1. The van der Waals surface area contributed by atoms with E-state index in [9.17, 15) is 10.1 Å². The summed E-state index contributed by atoms with van der Waals surface area (Å²) >= 11 is 0. The molecule has 1 aromatic carbocycles. The van der Waals surface area contributed by atoms with E-state index in [1.807, 2.05) is 49.1 Å². The lowest BCUT2D eigenvalue weighted by Crippen LogP contribution is -2.50. The molecule has 1 amide bonds. The number of carbonyl (C=O) groups is 1. The van der Waals surface area contributed by atoms with Gasteiger partial charge in [-0.15, -0.1) is 0 Å². The third-order valence-corrected chi connectivity index (χ3v) is 6.97. The molecule has 2 fully saturated rings. The Hall–Kier alpha value is -3.77. The molecule has 35 heavy (non-hydrogen) atoms.